The number of ether oxygens (including phenoxy) is 1. The van der Waals surface area contributed by atoms with Gasteiger partial charge in [-0.3, -0.25) is 5.32 Å². The van der Waals surface area contributed by atoms with Gasteiger partial charge in [-0.2, -0.15) is 0 Å². The molecule has 0 aromatic heterocycles. The Morgan fingerprint density at radius 2 is 1.85 bits per heavy atom. The second-order valence-corrected chi connectivity index (χ2v) is 4.58. The van der Waals surface area contributed by atoms with Gasteiger partial charge in [-0.25, -0.2) is 4.79 Å². The molecule has 4 nitrogen and oxygen atoms in total. The number of carbonyl (C=O) groups excluding carboxylic acids is 1. The van der Waals surface area contributed by atoms with Crippen LogP contribution in [0.1, 0.15) is 5.56 Å². The SMILES string of the molecule is NCCc1ccc(OC(=O)Nc2ccccc2Cl)cc1. The summed E-state index contributed by atoms with van der Waals surface area (Å²) in [7, 11) is 0. The number of amides is 1. The molecule has 0 aliphatic heterocycles. The van der Waals surface area contributed by atoms with E-state index in [9.17, 15) is 4.79 Å². The van der Waals surface area contributed by atoms with Crippen LogP contribution in [0.2, 0.25) is 5.02 Å². The Morgan fingerprint density at radius 3 is 2.50 bits per heavy atom. The van der Waals surface area contributed by atoms with Gasteiger partial charge in [0.05, 0.1) is 10.7 Å². The molecule has 0 saturated carbocycles. The second kappa shape index (κ2) is 6.93. The molecule has 3 N–H and O–H groups in total. The lowest BCUT2D eigenvalue weighted by molar-refractivity contribution is 0.215. The van der Waals surface area contributed by atoms with Gasteiger partial charge in [0.15, 0.2) is 0 Å². The molecule has 5 heteroatoms. The number of hydrogen-bond donors (Lipinski definition) is 2. The van der Waals surface area contributed by atoms with Crippen molar-refractivity contribution in [2.45, 2.75) is 6.42 Å². The van der Waals surface area contributed by atoms with E-state index in [0.29, 0.717) is 23.0 Å². The Morgan fingerprint density at radius 1 is 1.15 bits per heavy atom. The van der Waals surface area contributed by atoms with Crippen LogP contribution >= 0.6 is 11.6 Å². The van der Waals surface area contributed by atoms with Gasteiger partial charge in [-0.05, 0) is 42.8 Å². The summed E-state index contributed by atoms with van der Waals surface area (Å²) >= 11 is 5.94. The van der Waals surface area contributed by atoms with Crippen LogP contribution in [-0.4, -0.2) is 12.6 Å². The molecule has 2 aromatic carbocycles. The summed E-state index contributed by atoms with van der Waals surface area (Å²) in [4.78, 5) is 11.7. The number of nitrogens with two attached hydrogens (primary N) is 1. The van der Waals surface area contributed by atoms with Crippen LogP contribution in [0.3, 0.4) is 0 Å². The molecule has 0 heterocycles. The number of nitrogens with one attached hydrogen (secondary N) is 1. The first-order valence-corrected chi connectivity index (χ1v) is 6.59. The molecule has 20 heavy (non-hydrogen) atoms. The fraction of sp³-hybridized carbons (Fsp3) is 0.133. The number of rotatable bonds is 4. The van der Waals surface area contributed by atoms with Crippen molar-refractivity contribution in [1.82, 2.24) is 0 Å². The molecule has 0 aliphatic carbocycles. The lowest BCUT2D eigenvalue weighted by Crippen LogP contribution is -2.16. The molecule has 0 fully saturated rings. The van der Waals surface area contributed by atoms with Crippen molar-refractivity contribution in [3.63, 3.8) is 0 Å². The fourth-order valence-corrected chi connectivity index (χ4v) is 1.88. The minimum atomic E-state index is -0.579. The average Bonchev–Trinajstić information content (AvgIpc) is 2.44. The maximum absolute atomic E-state index is 11.7. The molecule has 0 spiro atoms. The highest BCUT2D eigenvalue weighted by molar-refractivity contribution is 6.33. The molecular weight excluding hydrogens is 276 g/mol. The van der Waals surface area contributed by atoms with Crippen LogP contribution < -0.4 is 15.8 Å². The molecule has 1 amide bonds. The molecule has 0 bridgehead atoms. The molecule has 0 aliphatic rings. The molecule has 0 radical (unpaired) electrons. The van der Waals surface area contributed by atoms with E-state index >= 15 is 0 Å². The van der Waals surface area contributed by atoms with Gasteiger partial charge in [0.25, 0.3) is 0 Å². The van der Waals surface area contributed by atoms with Crippen molar-refractivity contribution in [2.75, 3.05) is 11.9 Å². The number of halogens is 1. The lowest BCUT2D eigenvalue weighted by atomic mass is 10.1. The Hall–Kier alpha value is -2.04. The first kappa shape index (κ1) is 14.4. The third kappa shape index (κ3) is 3.98. The first-order chi connectivity index (χ1) is 9.69. The predicted octanol–water partition coefficient (Wildman–Crippen LogP) is 3.45. The smallest absolute Gasteiger partial charge is 0.410 e. The summed E-state index contributed by atoms with van der Waals surface area (Å²) in [6, 6.07) is 14.2. The van der Waals surface area contributed by atoms with Gasteiger partial charge >= 0.3 is 6.09 Å². The summed E-state index contributed by atoms with van der Waals surface area (Å²) < 4.78 is 5.17. The Balaban J connectivity index is 1.96. The van der Waals surface area contributed by atoms with Crippen LogP contribution in [0.25, 0.3) is 0 Å². The molecular formula is C15H15ClN2O2. The van der Waals surface area contributed by atoms with Crippen molar-refractivity contribution in [2.24, 2.45) is 5.73 Å². The third-order valence-corrected chi connectivity index (χ3v) is 3.01. The van der Waals surface area contributed by atoms with Gasteiger partial charge in [-0.1, -0.05) is 35.9 Å². The second-order valence-electron chi connectivity index (χ2n) is 4.18. The maximum atomic E-state index is 11.7. The third-order valence-electron chi connectivity index (χ3n) is 2.68. The number of hydrogen-bond acceptors (Lipinski definition) is 3. The van der Waals surface area contributed by atoms with Crippen LogP contribution in [0, 0.1) is 0 Å². The molecule has 2 aromatic rings. The van der Waals surface area contributed by atoms with Gasteiger partial charge in [-0.15, -0.1) is 0 Å². The van der Waals surface area contributed by atoms with Crippen LogP contribution in [-0.2, 0) is 6.42 Å². The number of para-hydroxylation sites is 1. The summed E-state index contributed by atoms with van der Waals surface area (Å²) in [5, 5.41) is 3.05. The summed E-state index contributed by atoms with van der Waals surface area (Å²) in [6.07, 6.45) is 0.219. The minimum Gasteiger partial charge on any atom is -0.410 e. The Kier molecular flexibility index (Phi) is 4.98. The maximum Gasteiger partial charge on any atom is 0.417 e. The lowest BCUT2D eigenvalue weighted by Gasteiger charge is -2.08. The average molecular weight is 291 g/mol. The van der Waals surface area contributed by atoms with Crippen molar-refractivity contribution in [3.8, 4) is 5.75 Å². The van der Waals surface area contributed by atoms with E-state index in [0.717, 1.165) is 12.0 Å². The number of carbonyl (C=O) groups is 1. The predicted molar refractivity (Wildman–Crippen MR) is 80.3 cm³/mol. The van der Waals surface area contributed by atoms with Crippen molar-refractivity contribution >= 4 is 23.4 Å². The fourth-order valence-electron chi connectivity index (χ4n) is 1.70. The Bertz CT molecular complexity index is 585. The van der Waals surface area contributed by atoms with Gasteiger partial charge in [0.1, 0.15) is 5.75 Å². The molecule has 0 saturated heterocycles. The van der Waals surface area contributed by atoms with Gasteiger partial charge in [0, 0.05) is 0 Å². The van der Waals surface area contributed by atoms with E-state index < -0.39 is 6.09 Å². The zero-order valence-electron chi connectivity index (χ0n) is 10.8. The zero-order valence-corrected chi connectivity index (χ0v) is 11.6. The summed E-state index contributed by atoms with van der Waals surface area (Å²) in [6.45, 7) is 0.590. The molecule has 0 unspecified atom stereocenters. The van der Waals surface area contributed by atoms with E-state index in [2.05, 4.69) is 5.32 Å². The quantitative estimate of drug-likeness (QED) is 0.906. The van der Waals surface area contributed by atoms with E-state index in [1.165, 1.54) is 0 Å². The highest BCUT2D eigenvalue weighted by Gasteiger charge is 2.07. The van der Waals surface area contributed by atoms with E-state index in [-0.39, 0.29) is 0 Å². The summed E-state index contributed by atoms with van der Waals surface area (Å²) in [5.41, 5.74) is 7.09. The Labute approximate surface area is 122 Å². The molecule has 2 rings (SSSR count). The number of benzene rings is 2. The van der Waals surface area contributed by atoms with Crippen LogP contribution in [0.4, 0.5) is 10.5 Å². The standard InChI is InChI=1S/C15H15ClN2O2/c16-13-3-1-2-4-14(13)18-15(19)20-12-7-5-11(6-8-12)9-10-17/h1-8H,9-10,17H2,(H,18,19). The van der Waals surface area contributed by atoms with Crippen molar-refractivity contribution in [3.05, 3.63) is 59.1 Å². The monoisotopic (exact) mass is 290 g/mol. The largest absolute Gasteiger partial charge is 0.417 e. The normalized spacial score (nSPS) is 10.1. The van der Waals surface area contributed by atoms with Crippen molar-refractivity contribution < 1.29 is 9.53 Å². The van der Waals surface area contributed by atoms with Gasteiger partial charge in [0.2, 0.25) is 0 Å². The molecule has 0 atom stereocenters. The van der Waals surface area contributed by atoms with Crippen LogP contribution in [0.5, 0.6) is 5.75 Å². The first-order valence-electron chi connectivity index (χ1n) is 6.21. The van der Waals surface area contributed by atoms with E-state index in [1.807, 2.05) is 12.1 Å². The highest BCUT2D eigenvalue weighted by atomic mass is 35.5. The topological polar surface area (TPSA) is 64.3 Å². The van der Waals surface area contributed by atoms with Gasteiger partial charge < -0.3 is 10.5 Å². The van der Waals surface area contributed by atoms with Crippen LogP contribution in [0.15, 0.2) is 48.5 Å². The highest BCUT2D eigenvalue weighted by Crippen LogP contribution is 2.21. The van der Waals surface area contributed by atoms with E-state index in [1.54, 1.807) is 36.4 Å². The molecule has 104 valence electrons. The zero-order chi connectivity index (χ0) is 14.4. The minimum absolute atomic E-state index is 0.461. The summed E-state index contributed by atoms with van der Waals surface area (Å²) in [5.74, 6) is 0.468. The number of anilines is 1. The van der Waals surface area contributed by atoms with Crippen molar-refractivity contribution in [1.29, 1.82) is 0 Å². The van der Waals surface area contributed by atoms with E-state index in [4.69, 9.17) is 22.1 Å².